The largest absolute Gasteiger partial charge is 0.0776 e. The van der Waals surface area contributed by atoms with Crippen molar-refractivity contribution in [2.75, 3.05) is 0 Å². The average molecular weight is 173 g/mol. The van der Waals surface area contributed by atoms with Gasteiger partial charge in [0.15, 0.2) is 0 Å². The van der Waals surface area contributed by atoms with Gasteiger partial charge in [0.1, 0.15) is 0 Å². The van der Waals surface area contributed by atoms with Crippen molar-refractivity contribution in [2.24, 2.45) is 0 Å². The zero-order chi connectivity index (χ0) is 0. The minimum atomic E-state index is 0. The molecule has 0 fully saturated rings. The Kier molecular flexibility index (Phi) is 1500. The molecule has 0 aromatic carbocycles. The third kappa shape index (κ3) is 37.2. The first-order chi connectivity index (χ1) is 0. The Morgan fingerprint density at radius 1 is 0.600 bits per heavy atom. The molecule has 0 unspecified atom stereocenters. The molecule has 0 saturated carbocycles. The molecule has 0 aromatic heterocycles. The molecule has 5 heavy (non-hydrogen) atoms. The van der Waals surface area contributed by atoms with E-state index in [9.17, 15) is 0 Å². The summed E-state index contributed by atoms with van der Waals surface area (Å²) in [7, 11) is 0. The fourth-order valence-electron chi connectivity index (χ4n) is 0. The van der Waals surface area contributed by atoms with Gasteiger partial charge in [0.25, 0.3) is 0 Å². The Morgan fingerprint density at radius 3 is 0.600 bits per heavy atom. The second kappa shape index (κ2) is 64.1. The molecule has 0 amide bonds. The summed E-state index contributed by atoms with van der Waals surface area (Å²) in [5.74, 6) is 0. The number of rotatable bonds is 0. The topological polar surface area (TPSA) is 0 Å². The Hall–Kier alpha value is 1.19. The summed E-state index contributed by atoms with van der Waals surface area (Å²) in [5.41, 5.74) is 0. The Morgan fingerprint density at radius 2 is 0.600 bits per heavy atom. The fraction of sp³-hybridized carbons (Fsp3) is 1.00. The first kappa shape index (κ1) is 117. The van der Waals surface area contributed by atoms with E-state index in [2.05, 4.69) is 0 Å². The van der Waals surface area contributed by atoms with Gasteiger partial charge in [0.05, 0.1) is 0 Å². The van der Waals surface area contributed by atoms with Crippen LogP contribution in [0.3, 0.4) is 0 Å². The van der Waals surface area contributed by atoms with Crippen LogP contribution in [0.25, 0.3) is 0 Å². The molecule has 0 aromatic rings. The molecule has 0 rings (SSSR count). The first-order valence-electron chi connectivity index (χ1n) is 0. The molecule has 0 heterocycles. The van der Waals surface area contributed by atoms with Gasteiger partial charge in [0.2, 0.25) is 0 Å². The van der Waals surface area contributed by atoms with Crippen LogP contribution in [0.2, 0.25) is 0 Å². The van der Waals surface area contributed by atoms with E-state index in [-0.39, 0.29) is 57.9 Å². The maximum atomic E-state index is 0. The predicted molar refractivity (Wildman–Crippen MR) is 29.7 cm³/mol. The first-order valence-corrected chi connectivity index (χ1v) is 0. The maximum Gasteiger partial charge on any atom is 0 e. The molecule has 0 aliphatic carbocycles. The van der Waals surface area contributed by atoms with Crippen LogP contribution in [-0.4, -0.2) is 50.5 Å². The van der Waals surface area contributed by atoms with Gasteiger partial charge >= 0.3 is 0 Å². The van der Waals surface area contributed by atoms with Crippen LogP contribution in [0.1, 0.15) is 7.43 Å². The van der Waals surface area contributed by atoms with E-state index in [4.69, 9.17) is 0 Å². The van der Waals surface area contributed by atoms with Crippen molar-refractivity contribution in [2.45, 2.75) is 7.43 Å². The van der Waals surface area contributed by atoms with Gasteiger partial charge in [-0.15, -0.1) is 0 Å². The van der Waals surface area contributed by atoms with Gasteiger partial charge in [-0.05, 0) is 0 Å². The van der Waals surface area contributed by atoms with E-state index in [1.165, 1.54) is 0 Å². The van der Waals surface area contributed by atoms with Crippen molar-refractivity contribution in [3.8, 4) is 0 Å². The molecule has 0 nitrogen and oxygen atoms in total. The van der Waals surface area contributed by atoms with Crippen molar-refractivity contribution in [1.82, 2.24) is 0 Å². The molecule has 16 radical (unpaired) electrons. The van der Waals surface area contributed by atoms with E-state index in [0.717, 1.165) is 0 Å². The van der Waals surface area contributed by atoms with Gasteiger partial charge in [-0.2, -0.15) is 0 Å². The normalized spacial score (nSPS) is 0. The average Bonchev–Trinajstić information content (AvgIpc) is 0. The minimum Gasteiger partial charge on any atom is -0.0776 e. The van der Waals surface area contributed by atoms with Gasteiger partial charge in [0, 0.05) is 50.5 Å². The molecule has 4 heteroatoms. The molecule has 0 aliphatic rings. The Bertz CT molecular complexity index is 6.85. The molecular formula is CH4GeSi3. The van der Waals surface area contributed by atoms with Crippen molar-refractivity contribution < 1.29 is 0 Å². The Balaban J connectivity index is 0. The summed E-state index contributed by atoms with van der Waals surface area (Å²) in [4.78, 5) is 0. The SMILES string of the molecule is C.[Ge].[Si].[Si].[Si]. The monoisotopic (exact) mass is 174 g/mol. The third-order valence-electron chi connectivity index (χ3n) is 0. The van der Waals surface area contributed by atoms with Gasteiger partial charge in [-0.1, -0.05) is 7.43 Å². The molecule has 0 bridgehead atoms. The number of hydrogen-bond acceptors (Lipinski definition) is 0. The predicted octanol–water partition coefficient (Wildman–Crippen LogP) is -0.887. The number of hydrogen-bond donors (Lipinski definition) is 0. The van der Waals surface area contributed by atoms with Crippen molar-refractivity contribution in [1.29, 1.82) is 0 Å². The maximum absolute atomic E-state index is 0. The molecular weight excluding hydrogens is 169 g/mol. The second-order valence-electron chi connectivity index (χ2n) is 0. The van der Waals surface area contributed by atoms with E-state index in [1.54, 1.807) is 0 Å². The van der Waals surface area contributed by atoms with Crippen LogP contribution in [0.4, 0.5) is 0 Å². The third-order valence-corrected chi connectivity index (χ3v) is 0. The molecule has 0 N–H and O–H groups in total. The minimum absolute atomic E-state index is 0. The van der Waals surface area contributed by atoms with Gasteiger partial charge in [-0.25, -0.2) is 0 Å². The van der Waals surface area contributed by atoms with Gasteiger partial charge in [-0.3, -0.25) is 0 Å². The van der Waals surface area contributed by atoms with Crippen LogP contribution >= 0.6 is 0 Å². The van der Waals surface area contributed by atoms with Crippen molar-refractivity contribution in [3.63, 3.8) is 0 Å². The van der Waals surface area contributed by atoms with E-state index >= 15 is 0 Å². The van der Waals surface area contributed by atoms with Crippen LogP contribution < -0.4 is 0 Å². The van der Waals surface area contributed by atoms with Crippen LogP contribution in [0.5, 0.6) is 0 Å². The summed E-state index contributed by atoms with van der Waals surface area (Å²) in [6.45, 7) is 0. The quantitative estimate of drug-likeness (QED) is 0.417. The molecule has 0 spiro atoms. The standard InChI is InChI=1S/CH4.Ge.3Si/h1H4;;;;. The van der Waals surface area contributed by atoms with Crippen LogP contribution in [0.15, 0.2) is 0 Å². The van der Waals surface area contributed by atoms with Gasteiger partial charge < -0.3 is 0 Å². The second-order valence-corrected chi connectivity index (χ2v) is 0. The fourth-order valence-corrected chi connectivity index (χ4v) is 0. The van der Waals surface area contributed by atoms with Crippen LogP contribution in [-0.2, 0) is 0 Å². The van der Waals surface area contributed by atoms with E-state index in [0.29, 0.717) is 0 Å². The Labute approximate surface area is 58.2 Å². The van der Waals surface area contributed by atoms with E-state index in [1.807, 2.05) is 0 Å². The molecule has 0 aliphatic heterocycles. The summed E-state index contributed by atoms with van der Waals surface area (Å²) in [6, 6.07) is 0. The van der Waals surface area contributed by atoms with Crippen LogP contribution in [0, 0.1) is 0 Å². The smallest absolute Gasteiger partial charge is 0 e. The van der Waals surface area contributed by atoms with Crippen molar-refractivity contribution in [3.05, 3.63) is 0 Å². The summed E-state index contributed by atoms with van der Waals surface area (Å²) in [5, 5.41) is 0. The zero-order valence-corrected chi connectivity index (χ0v) is 7.10. The summed E-state index contributed by atoms with van der Waals surface area (Å²) < 4.78 is 0. The summed E-state index contributed by atoms with van der Waals surface area (Å²) in [6.07, 6.45) is 0. The molecule has 0 atom stereocenters. The summed E-state index contributed by atoms with van der Waals surface area (Å²) >= 11 is 0. The van der Waals surface area contributed by atoms with E-state index < -0.39 is 0 Å². The zero-order valence-electron chi connectivity index (χ0n) is 2.00. The van der Waals surface area contributed by atoms with Crippen molar-refractivity contribution >= 4 is 50.5 Å². The molecule has 0 saturated heterocycles. The molecule has 24 valence electrons.